The van der Waals surface area contributed by atoms with Gasteiger partial charge in [0.05, 0.1) is 4.92 Å². The third-order valence-electron chi connectivity index (χ3n) is 2.95. The van der Waals surface area contributed by atoms with Gasteiger partial charge in [0.15, 0.2) is 0 Å². The highest BCUT2D eigenvalue weighted by atomic mass is 79.9. The molecule has 6 heteroatoms. The van der Waals surface area contributed by atoms with Gasteiger partial charge >= 0.3 is 0 Å². The normalized spacial score (nSPS) is 20.7. The minimum Gasteiger partial charge on any atom is -0.326 e. The second-order valence-corrected chi connectivity index (χ2v) is 5.23. The lowest BCUT2D eigenvalue weighted by Gasteiger charge is -2.15. The Labute approximate surface area is 108 Å². The van der Waals surface area contributed by atoms with Crippen LogP contribution in [0.3, 0.4) is 0 Å². The van der Waals surface area contributed by atoms with Crippen molar-refractivity contribution in [3.05, 3.63) is 38.3 Å². The molecular formula is C11H14BrN3O2. The van der Waals surface area contributed by atoms with Crippen LogP contribution in [0.1, 0.15) is 12.0 Å². The summed E-state index contributed by atoms with van der Waals surface area (Å²) in [7, 11) is 0. The number of hydrogen-bond donors (Lipinski definition) is 1. The predicted octanol–water partition coefficient (Wildman–Crippen LogP) is 1.89. The first kappa shape index (κ1) is 12.5. The number of nitrogens with two attached hydrogens (primary N) is 1. The van der Waals surface area contributed by atoms with Crippen molar-refractivity contribution in [2.24, 2.45) is 5.73 Å². The summed E-state index contributed by atoms with van der Waals surface area (Å²) in [5.41, 5.74) is 6.73. The zero-order valence-electron chi connectivity index (χ0n) is 9.30. The first-order chi connectivity index (χ1) is 8.06. The van der Waals surface area contributed by atoms with Crippen molar-refractivity contribution in [2.75, 3.05) is 13.1 Å². The minimum atomic E-state index is -0.337. The van der Waals surface area contributed by atoms with Crippen molar-refractivity contribution in [2.45, 2.75) is 19.0 Å². The topological polar surface area (TPSA) is 72.4 Å². The second kappa shape index (κ2) is 5.12. The SMILES string of the molecule is NC1CCN(Cc2ccc(Br)cc2[N+](=O)[O-])C1. The number of nitrogens with zero attached hydrogens (tertiary/aromatic N) is 2. The third kappa shape index (κ3) is 3.02. The molecule has 0 aliphatic carbocycles. The molecule has 0 bridgehead atoms. The molecule has 1 atom stereocenters. The Morgan fingerprint density at radius 1 is 1.59 bits per heavy atom. The highest BCUT2D eigenvalue weighted by Crippen LogP contribution is 2.25. The molecule has 1 fully saturated rings. The largest absolute Gasteiger partial charge is 0.326 e. The van der Waals surface area contributed by atoms with Crippen LogP contribution in [-0.2, 0) is 6.54 Å². The average molecular weight is 300 g/mol. The maximum absolute atomic E-state index is 11.0. The molecule has 92 valence electrons. The first-order valence-corrected chi connectivity index (χ1v) is 6.26. The number of nitro groups is 1. The second-order valence-electron chi connectivity index (χ2n) is 4.31. The summed E-state index contributed by atoms with van der Waals surface area (Å²) in [5.74, 6) is 0. The lowest BCUT2D eigenvalue weighted by atomic mass is 10.1. The number of halogens is 1. The molecule has 0 amide bonds. The molecule has 0 spiro atoms. The Kier molecular flexibility index (Phi) is 3.76. The molecule has 0 saturated carbocycles. The zero-order valence-corrected chi connectivity index (χ0v) is 10.9. The fourth-order valence-corrected chi connectivity index (χ4v) is 2.44. The van der Waals surface area contributed by atoms with Gasteiger partial charge < -0.3 is 5.73 Å². The molecular weight excluding hydrogens is 286 g/mol. The van der Waals surface area contributed by atoms with E-state index in [1.165, 1.54) is 0 Å². The van der Waals surface area contributed by atoms with Gasteiger partial charge in [0, 0.05) is 41.8 Å². The number of rotatable bonds is 3. The van der Waals surface area contributed by atoms with Crippen molar-refractivity contribution < 1.29 is 4.92 Å². The van der Waals surface area contributed by atoms with Crippen LogP contribution in [0.5, 0.6) is 0 Å². The summed E-state index contributed by atoms with van der Waals surface area (Å²) in [5, 5.41) is 11.0. The summed E-state index contributed by atoms with van der Waals surface area (Å²) in [6, 6.07) is 5.37. The van der Waals surface area contributed by atoms with Crippen molar-refractivity contribution in [1.82, 2.24) is 4.90 Å². The molecule has 1 aliphatic rings. The van der Waals surface area contributed by atoms with Crippen LogP contribution in [0.25, 0.3) is 0 Å². The van der Waals surface area contributed by atoms with Crippen LogP contribution in [0.2, 0.25) is 0 Å². The maximum Gasteiger partial charge on any atom is 0.275 e. The smallest absolute Gasteiger partial charge is 0.275 e. The predicted molar refractivity (Wildman–Crippen MR) is 68.7 cm³/mol. The highest BCUT2D eigenvalue weighted by molar-refractivity contribution is 9.10. The van der Waals surface area contributed by atoms with Crippen molar-refractivity contribution in [3.63, 3.8) is 0 Å². The molecule has 1 aliphatic heterocycles. The minimum absolute atomic E-state index is 0.167. The van der Waals surface area contributed by atoms with Gasteiger partial charge in [0.25, 0.3) is 5.69 Å². The Morgan fingerprint density at radius 3 is 2.94 bits per heavy atom. The van der Waals surface area contributed by atoms with E-state index in [1.54, 1.807) is 12.1 Å². The molecule has 5 nitrogen and oxygen atoms in total. The molecule has 2 N–H and O–H groups in total. The van der Waals surface area contributed by atoms with Crippen molar-refractivity contribution >= 4 is 21.6 Å². The van der Waals surface area contributed by atoms with Crippen LogP contribution < -0.4 is 5.73 Å². The molecule has 1 heterocycles. The molecule has 17 heavy (non-hydrogen) atoms. The van der Waals surface area contributed by atoms with E-state index in [4.69, 9.17) is 5.73 Å². The monoisotopic (exact) mass is 299 g/mol. The fraction of sp³-hybridized carbons (Fsp3) is 0.455. The van der Waals surface area contributed by atoms with E-state index < -0.39 is 0 Å². The lowest BCUT2D eigenvalue weighted by Crippen LogP contribution is -2.26. The Balaban J connectivity index is 2.17. The highest BCUT2D eigenvalue weighted by Gasteiger charge is 2.22. The molecule has 0 aromatic heterocycles. The van der Waals surface area contributed by atoms with E-state index in [-0.39, 0.29) is 16.7 Å². The van der Waals surface area contributed by atoms with E-state index in [0.717, 1.165) is 29.5 Å². The standard InChI is InChI=1S/C11H14BrN3O2/c12-9-2-1-8(11(5-9)15(16)17)6-14-4-3-10(13)7-14/h1-2,5,10H,3-4,6-7,13H2. The van der Waals surface area contributed by atoms with Crippen LogP contribution in [-0.4, -0.2) is 29.0 Å². The number of likely N-dealkylation sites (tertiary alicyclic amines) is 1. The van der Waals surface area contributed by atoms with E-state index in [9.17, 15) is 10.1 Å². The van der Waals surface area contributed by atoms with E-state index in [0.29, 0.717) is 6.54 Å². The third-order valence-corrected chi connectivity index (χ3v) is 3.44. The Hall–Kier alpha value is -0.980. The molecule has 1 aromatic rings. The van der Waals surface area contributed by atoms with E-state index in [1.807, 2.05) is 6.07 Å². The summed E-state index contributed by atoms with van der Waals surface area (Å²) >= 11 is 3.25. The van der Waals surface area contributed by atoms with Gasteiger partial charge in [-0.25, -0.2) is 0 Å². The first-order valence-electron chi connectivity index (χ1n) is 5.47. The van der Waals surface area contributed by atoms with Gasteiger partial charge in [-0.3, -0.25) is 15.0 Å². The lowest BCUT2D eigenvalue weighted by molar-refractivity contribution is -0.385. The van der Waals surface area contributed by atoms with Crippen LogP contribution in [0.15, 0.2) is 22.7 Å². The summed E-state index contributed by atoms with van der Waals surface area (Å²) < 4.78 is 0.728. The summed E-state index contributed by atoms with van der Waals surface area (Å²) in [6.45, 7) is 2.32. The van der Waals surface area contributed by atoms with Gasteiger partial charge in [0.2, 0.25) is 0 Å². The van der Waals surface area contributed by atoms with Crippen LogP contribution >= 0.6 is 15.9 Å². The Bertz CT molecular complexity index is 439. The quantitative estimate of drug-likeness (QED) is 0.683. The van der Waals surface area contributed by atoms with Gasteiger partial charge in [0.1, 0.15) is 0 Å². The Morgan fingerprint density at radius 2 is 2.35 bits per heavy atom. The fourth-order valence-electron chi connectivity index (χ4n) is 2.09. The molecule has 1 aromatic carbocycles. The molecule has 2 rings (SSSR count). The molecule has 1 unspecified atom stereocenters. The van der Waals surface area contributed by atoms with Crippen molar-refractivity contribution in [3.8, 4) is 0 Å². The van der Waals surface area contributed by atoms with E-state index >= 15 is 0 Å². The summed E-state index contributed by atoms with van der Waals surface area (Å²) in [6.07, 6.45) is 0.963. The summed E-state index contributed by atoms with van der Waals surface area (Å²) in [4.78, 5) is 12.8. The molecule has 1 saturated heterocycles. The number of hydrogen-bond acceptors (Lipinski definition) is 4. The van der Waals surface area contributed by atoms with Gasteiger partial charge in [-0.1, -0.05) is 15.9 Å². The van der Waals surface area contributed by atoms with Crippen molar-refractivity contribution in [1.29, 1.82) is 0 Å². The molecule has 0 radical (unpaired) electrons. The maximum atomic E-state index is 11.0. The van der Waals surface area contributed by atoms with Gasteiger partial charge in [-0.2, -0.15) is 0 Å². The van der Waals surface area contributed by atoms with Gasteiger partial charge in [-0.15, -0.1) is 0 Å². The average Bonchev–Trinajstić information content (AvgIpc) is 2.66. The van der Waals surface area contributed by atoms with E-state index in [2.05, 4.69) is 20.8 Å². The van der Waals surface area contributed by atoms with Crippen LogP contribution in [0, 0.1) is 10.1 Å². The zero-order chi connectivity index (χ0) is 12.4. The van der Waals surface area contributed by atoms with Crippen LogP contribution in [0.4, 0.5) is 5.69 Å². The number of nitro benzene ring substituents is 1. The van der Waals surface area contributed by atoms with Gasteiger partial charge in [-0.05, 0) is 18.6 Å². The number of benzene rings is 1.